The fourth-order valence-electron chi connectivity index (χ4n) is 2.38. The van der Waals surface area contributed by atoms with Crippen molar-refractivity contribution in [3.05, 3.63) is 53.7 Å². The number of hydrogen-bond donors (Lipinski definition) is 1. The maximum atomic E-state index is 11.1. The zero-order chi connectivity index (χ0) is 17.3. The Morgan fingerprint density at radius 2 is 1.92 bits per heavy atom. The standard InChI is InChI=1S/C17H16N3O3P/c1-10-13(4-3-5-14(10)24)11-6-8-12(9-7-11)23-16-15(17(21)22)18-19-20(16)2/h3-9H,24H2,1-2H3,(H,21,22). The summed E-state index contributed by atoms with van der Waals surface area (Å²) in [5.74, 6) is -0.563. The summed E-state index contributed by atoms with van der Waals surface area (Å²) in [5.41, 5.74) is 3.18. The van der Waals surface area contributed by atoms with Crippen molar-refractivity contribution in [1.29, 1.82) is 0 Å². The number of benzene rings is 2. The zero-order valence-electron chi connectivity index (χ0n) is 13.2. The molecule has 0 saturated heterocycles. The van der Waals surface area contributed by atoms with Gasteiger partial charge in [-0.25, -0.2) is 9.48 Å². The molecule has 3 rings (SSSR count). The van der Waals surface area contributed by atoms with Gasteiger partial charge in [-0.15, -0.1) is 14.3 Å². The lowest BCUT2D eigenvalue weighted by Crippen LogP contribution is -2.02. The van der Waals surface area contributed by atoms with Crippen LogP contribution in [0.3, 0.4) is 0 Å². The molecule has 0 spiro atoms. The minimum absolute atomic E-state index is 0.0957. The van der Waals surface area contributed by atoms with E-state index < -0.39 is 5.97 Å². The highest BCUT2D eigenvalue weighted by molar-refractivity contribution is 7.27. The molecule has 0 aliphatic rings. The largest absolute Gasteiger partial charge is 0.476 e. The molecule has 1 heterocycles. The van der Waals surface area contributed by atoms with Crippen LogP contribution in [0.2, 0.25) is 0 Å². The Hall–Kier alpha value is -2.72. The summed E-state index contributed by atoms with van der Waals surface area (Å²) < 4.78 is 6.93. The lowest BCUT2D eigenvalue weighted by molar-refractivity contribution is 0.0687. The number of aromatic carboxylic acids is 1. The number of ether oxygens (including phenoxy) is 1. The summed E-state index contributed by atoms with van der Waals surface area (Å²) in [6.07, 6.45) is 0. The number of aryl methyl sites for hydroxylation is 1. The molecule has 0 aliphatic heterocycles. The molecule has 7 heteroatoms. The molecule has 1 N–H and O–H groups in total. The van der Waals surface area contributed by atoms with E-state index in [0.29, 0.717) is 5.75 Å². The van der Waals surface area contributed by atoms with Crippen LogP contribution in [0.15, 0.2) is 42.5 Å². The van der Waals surface area contributed by atoms with Gasteiger partial charge in [-0.2, -0.15) is 0 Å². The van der Waals surface area contributed by atoms with Crippen LogP contribution >= 0.6 is 9.24 Å². The molecule has 1 unspecified atom stereocenters. The van der Waals surface area contributed by atoms with Crippen molar-refractivity contribution in [2.45, 2.75) is 6.92 Å². The number of hydrogen-bond acceptors (Lipinski definition) is 4. The summed E-state index contributed by atoms with van der Waals surface area (Å²) in [6.45, 7) is 2.07. The molecule has 0 aliphatic carbocycles. The smallest absolute Gasteiger partial charge is 0.362 e. The SMILES string of the molecule is Cc1c(P)cccc1-c1ccc(Oc2c(C(=O)O)nnn2C)cc1. The van der Waals surface area contributed by atoms with Crippen molar-refractivity contribution < 1.29 is 14.6 Å². The minimum atomic E-state index is -1.18. The third-order valence-electron chi connectivity index (χ3n) is 3.73. The first-order valence-electron chi connectivity index (χ1n) is 7.23. The predicted octanol–water partition coefficient (Wildman–Crippen LogP) is 2.78. The monoisotopic (exact) mass is 341 g/mol. The van der Waals surface area contributed by atoms with Crippen LogP contribution in [0, 0.1) is 6.92 Å². The van der Waals surface area contributed by atoms with Crippen molar-refractivity contribution in [3.8, 4) is 22.8 Å². The van der Waals surface area contributed by atoms with Gasteiger partial charge < -0.3 is 9.84 Å². The van der Waals surface area contributed by atoms with E-state index in [1.807, 2.05) is 24.3 Å². The Morgan fingerprint density at radius 3 is 2.58 bits per heavy atom. The third kappa shape index (κ3) is 3.01. The van der Waals surface area contributed by atoms with Gasteiger partial charge >= 0.3 is 5.97 Å². The van der Waals surface area contributed by atoms with Gasteiger partial charge in [0.2, 0.25) is 5.69 Å². The third-order valence-corrected chi connectivity index (χ3v) is 4.36. The average Bonchev–Trinajstić information content (AvgIpc) is 2.92. The van der Waals surface area contributed by atoms with E-state index in [1.165, 1.54) is 10.2 Å². The molecule has 3 aromatic rings. The maximum absolute atomic E-state index is 11.1. The highest BCUT2D eigenvalue weighted by Gasteiger charge is 2.19. The number of carbonyl (C=O) groups is 1. The number of aromatic nitrogens is 3. The number of rotatable bonds is 4. The van der Waals surface area contributed by atoms with Gasteiger partial charge in [0.1, 0.15) is 5.75 Å². The molecule has 0 radical (unpaired) electrons. The first-order valence-corrected chi connectivity index (χ1v) is 7.81. The number of carboxylic acids is 1. The second kappa shape index (κ2) is 6.42. The lowest BCUT2D eigenvalue weighted by Gasteiger charge is -2.10. The Kier molecular flexibility index (Phi) is 4.32. The summed E-state index contributed by atoms with van der Waals surface area (Å²) in [5, 5.41) is 17.5. The zero-order valence-corrected chi connectivity index (χ0v) is 14.4. The fourth-order valence-corrected chi connectivity index (χ4v) is 2.64. The molecule has 6 nitrogen and oxygen atoms in total. The van der Waals surface area contributed by atoms with Crippen LogP contribution in [-0.4, -0.2) is 26.1 Å². The molecule has 1 atom stereocenters. The first-order chi connectivity index (χ1) is 11.5. The number of nitrogens with zero attached hydrogens (tertiary/aromatic N) is 3. The second-order valence-corrected chi connectivity index (χ2v) is 5.94. The molecule has 24 heavy (non-hydrogen) atoms. The average molecular weight is 341 g/mol. The summed E-state index contributed by atoms with van der Waals surface area (Å²) >= 11 is 0. The highest BCUT2D eigenvalue weighted by Crippen LogP contribution is 2.28. The maximum Gasteiger partial charge on any atom is 0.362 e. The van der Waals surface area contributed by atoms with Crippen molar-refractivity contribution >= 4 is 20.5 Å². The highest BCUT2D eigenvalue weighted by atomic mass is 31.0. The molecule has 0 bridgehead atoms. The van der Waals surface area contributed by atoms with Gasteiger partial charge in [-0.1, -0.05) is 35.5 Å². The van der Waals surface area contributed by atoms with E-state index >= 15 is 0 Å². The van der Waals surface area contributed by atoms with Crippen LogP contribution in [0.4, 0.5) is 0 Å². The Labute approximate surface area is 141 Å². The van der Waals surface area contributed by atoms with Crippen LogP contribution in [0.25, 0.3) is 11.1 Å². The molecule has 122 valence electrons. The Morgan fingerprint density at radius 1 is 1.21 bits per heavy atom. The Bertz CT molecular complexity index is 904. The Balaban J connectivity index is 1.90. The van der Waals surface area contributed by atoms with Crippen molar-refractivity contribution in [1.82, 2.24) is 15.0 Å². The van der Waals surface area contributed by atoms with Crippen LogP contribution in [0.1, 0.15) is 16.1 Å². The van der Waals surface area contributed by atoms with E-state index in [1.54, 1.807) is 19.2 Å². The van der Waals surface area contributed by atoms with Crippen LogP contribution < -0.4 is 10.0 Å². The van der Waals surface area contributed by atoms with E-state index in [4.69, 9.17) is 9.84 Å². The second-order valence-electron chi connectivity index (χ2n) is 5.32. The van der Waals surface area contributed by atoms with Crippen molar-refractivity contribution in [3.63, 3.8) is 0 Å². The van der Waals surface area contributed by atoms with Gasteiger partial charge in [0.05, 0.1) is 0 Å². The molecule has 0 fully saturated rings. The van der Waals surface area contributed by atoms with Crippen LogP contribution in [0.5, 0.6) is 11.6 Å². The van der Waals surface area contributed by atoms with Gasteiger partial charge in [-0.05, 0) is 41.1 Å². The number of carboxylic acid groups (broad SMARTS) is 1. The first kappa shape index (κ1) is 16.1. The molecular formula is C17H16N3O3P. The summed E-state index contributed by atoms with van der Waals surface area (Å²) in [6, 6.07) is 13.6. The van der Waals surface area contributed by atoms with Gasteiger partial charge in [0.15, 0.2) is 0 Å². The quantitative estimate of drug-likeness (QED) is 0.739. The van der Waals surface area contributed by atoms with Gasteiger partial charge in [0, 0.05) is 7.05 Å². The molecular weight excluding hydrogens is 325 g/mol. The lowest BCUT2D eigenvalue weighted by atomic mass is 10.0. The van der Waals surface area contributed by atoms with E-state index in [0.717, 1.165) is 16.4 Å². The molecule has 0 saturated carbocycles. The summed E-state index contributed by atoms with van der Waals surface area (Å²) in [7, 11) is 4.31. The van der Waals surface area contributed by atoms with E-state index in [9.17, 15) is 4.79 Å². The van der Waals surface area contributed by atoms with Gasteiger partial charge in [0.25, 0.3) is 5.88 Å². The van der Waals surface area contributed by atoms with E-state index in [-0.39, 0.29) is 11.6 Å². The predicted molar refractivity (Wildman–Crippen MR) is 94.0 cm³/mol. The van der Waals surface area contributed by atoms with Crippen molar-refractivity contribution in [2.75, 3.05) is 0 Å². The summed E-state index contributed by atoms with van der Waals surface area (Å²) in [4.78, 5) is 11.1. The molecule has 1 aromatic heterocycles. The van der Waals surface area contributed by atoms with E-state index in [2.05, 4.69) is 32.5 Å². The molecule has 2 aromatic carbocycles. The van der Waals surface area contributed by atoms with Gasteiger partial charge in [-0.3, -0.25) is 0 Å². The van der Waals surface area contributed by atoms with Crippen molar-refractivity contribution in [2.24, 2.45) is 7.05 Å². The normalized spacial score (nSPS) is 10.6. The molecule has 0 amide bonds. The fraction of sp³-hybridized carbons (Fsp3) is 0.118. The minimum Gasteiger partial charge on any atom is -0.476 e. The van der Waals surface area contributed by atoms with Crippen LogP contribution in [-0.2, 0) is 7.05 Å². The topological polar surface area (TPSA) is 77.2 Å².